The number of hydrogen-bond donors (Lipinski definition) is 2. The smallest absolute Gasteiger partial charge is 0.123 e. The van der Waals surface area contributed by atoms with Crippen molar-refractivity contribution in [1.82, 2.24) is 4.90 Å². The van der Waals surface area contributed by atoms with E-state index >= 15 is 0 Å². The van der Waals surface area contributed by atoms with Crippen molar-refractivity contribution in [1.29, 1.82) is 0 Å². The Morgan fingerprint density at radius 3 is 2.71 bits per heavy atom. The molecule has 1 fully saturated rings. The molecule has 0 atom stereocenters. The molecule has 0 aromatic heterocycles. The van der Waals surface area contributed by atoms with Gasteiger partial charge in [0.05, 0.1) is 12.7 Å². The molecule has 0 aliphatic carbocycles. The summed E-state index contributed by atoms with van der Waals surface area (Å²) in [4.78, 5) is 2.15. The van der Waals surface area contributed by atoms with Crippen LogP contribution in [0.15, 0.2) is 18.2 Å². The quantitative estimate of drug-likeness (QED) is 0.823. The summed E-state index contributed by atoms with van der Waals surface area (Å²) < 4.78 is 10.6. The second-order valence-electron chi connectivity index (χ2n) is 5.86. The Hall–Kier alpha value is -1.14. The Labute approximate surface area is 126 Å². The highest BCUT2D eigenvalue weighted by Crippen LogP contribution is 2.23. The molecular weight excluding hydrogens is 268 g/mol. The monoisotopic (exact) mass is 294 g/mol. The molecule has 1 saturated heterocycles. The van der Waals surface area contributed by atoms with Crippen LogP contribution in [0.25, 0.3) is 0 Å². The van der Waals surface area contributed by atoms with Gasteiger partial charge in [-0.2, -0.15) is 0 Å². The van der Waals surface area contributed by atoms with Crippen LogP contribution in [0.3, 0.4) is 0 Å². The molecular formula is C16H26N2O3. The van der Waals surface area contributed by atoms with E-state index in [0.29, 0.717) is 39.1 Å². The summed E-state index contributed by atoms with van der Waals surface area (Å²) in [6.45, 7) is 3.18. The van der Waals surface area contributed by atoms with E-state index in [1.165, 1.54) is 5.56 Å². The van der Waals surface area contributed by atoms with Gasteiger partial charge < -0.3 is 20.3 Å². The molecule has 1 aromatic rings. The average Bonchev–Trinajstić information content (AvgIpc) is 2.47. The van der Waals surface area contributed by atoms with Crippen LogP contribution in [0.2, 0.25) is 0 Å². The van der Waals surface area contributed by atoms with Gasteiger partial charge >= 0.3 is 0 Å². The van der Waals surface area contributed by atoms with Crippen LogP contribution < -0.4 is 10.5 Å². The number of methoxy groups -OCH3 is 1. The Morgan fingerprint density at radius 1 is 1.38 bits per heavy atom. The van der Waals surface area contributed by atoms with Crippen LogP contribution in [-0.2, 0) is 17.8 Å². The number of benzene rings is 1. The standard InChI is InChI=1S/C16H26N2O3/c1-18(12-16(19)5-7-21-8-6-16)11-13-3-4-15(20-2)14(9-13)10-17/h3-4,9,19H,5-8,10-12,17H2,1-2H3. The van der Waals surface area contributed by atoms with Gasteiger partial charge in [-0.25, -0.2) is 0 Å². The summed E-state index contributed by atoms with van der Waals surface area (Å²) in [6.07, 6.45) is 1.40. The first kappa shape index (κ1) is 16.2. The zero-order valence-corrected chi connectivity index (χ0v) is 13.0. The van der Waals surface area contributed by atoms with Crippen molar-refractivity contribution < 1.29 is 14.6 Å². The van der Waals surface area contributed by atoms with E-state index < -0.39 is 5.60 Å². The Morgan fingerprint density at radius 2 is 2.10 bits per heavy atom. The maximum atomic E-state index is 10.5. The van der Waals surface area contributed by atoms with Gasteiger partial charge in [-0.1, -0.05) is 6.07 Å². The van der Waals surface area contributed by atoms with E-state index in [2.05, 4.69) is 11.0 Å². The Bertz CT molecular complexity index is 459. The second-order valence-corrected chi connectivity index (χ2v) is 5.86. The third-order valence-electron chi connectivity index (χ3n) is 4.00. The molecule has 0 unspecified atom stereocenters. The molecule has 1 heterocycles. The van der Waals surface area contributed by atoms with Crippen molar-refractivity contribution in [2.75, 3.05) is 33.9 Å². The van der Waals surface area contributed by atoms with Crippen LogP contribution in [0.5, 0.6) is 5.75 Å². The predicted octanol–water partition coefficient (Wildman–Crippen LogP) is 1.13. The summed E-state index contributed by atoms with van der Waals surface area (Å²) in [5.74, 6) is 0.826. The minimum Gasteiger partial charge on any atom is -0.496 e. The summed E-state index contributed by atoms with van der Waals surface area (Å²) >= 11 is 0. The molecule has 1 aliphatic rings. The third-order valence-corrected chi connectivity index (χ3v) is 4.00. The molecule has 0 amide bonds. The fourth-order valence-electron chi connectivity index (χ4n) is 2.87. The number of nitrogens with zero attached hydrogens (tertiary/aromatic N) is 1. The van der Waals surface area contributed by atoms with Crippen LogP contribution >= 0.6 is 0 Å². The number of likely N-dealkylation sites (N-methyl/N-ethyl adjacent to an activating group) is 1. The molecule has 1 aromatic carbocycles. The number of nitrogens with two attached hydrogens (primary N) is 1. The van der Waals surface area contributed by atoms with Gasteiger partial charge in [-0.05, 0) is 24.7 Å². The van der Waals surface area contributed by atoms with Crippen molar-refractivity contribution in [2.24, 2.45) is 5.73 Å². The van der Waals surface area contributed by atoms with Crippen LogP contribution in [0, 0.1) is 0 Å². The largest absolute Gasteiger partial charge is 0.496 e. The van der Waals surface area contributed by atoms with E-state index in [9.17, 15) is 5.11 Å². The average molecular weight is 294 g/mol. The van der Waals surface area contributed by atoms with E-state index in [-0.39, 0.29) is 0 Å². The first-order valence-corrected chi connectivity index (χ1v) is 7.41. The van der Waals surface area contributed by atoms with Crippen molar-refractivity contribution in [3.63, 3.8) is 0 Å². The molecule has 0 radical (unpaired) electrons. The summed E-state index contributed by atoms with van der Waals surface area (Å²) in [7, 11) is 3.68. The van der Waals surface area contributed by atoms with Gasteiger partial charge in [0.25, 0.3) is 0 Å². The molecule has 0 saturated carbocycles. The number of ether oxygens (including phenoxy) is 2. The van der Waals surface area contributed by atoms with E-state index in [0.717, 1.165) is 17.9 Å². The minimum absolute atomic E-state index is 0.460. The lowest BCUT2D eigenvalue weighted by atomic mass is 9.94. The SMILES string of the molecule is COc1ccc(CN(C)CC2(O)CCOCC2)cc1CN. The van der Waals surface area contributed by atoms with Crippen molar-refractivity contribution >= 4 is 0 Å². The van der Waals surface area contributed by atoms with E-state index in [1.54, 1.807) is 7.11 Å². The van der Waals surface area contributed by atoms with Crippen molar-refractivity contribution in [3.8, 4) is 5.75 Å². The van der Waals surface area contributed by atoms with Crippen molar-refractivity contribution in [3.05, 3.63) is 29.3 Å². The maximum Gasteiger partial charge on any atom is 0.123 e. The lowest BCUT2D eigenvalue weighted by molar-refractivity contribution is -0.0777. The van der Waals surface area contributed by atoms with Gasteiger partial charge in [-0.15, -0.1) is 0 Å². The first-order chi connectivity index (χ1) is 10.1. The van der Waals surface area contributed by atoms with Gasteiger partial charge in [0.1, 0.15) is 5.75 Å². The summed E-state index contributed by atoms with van der Waals surface area (Å²) in [5.41, 5.74) is 7.30. The van der Waals surface area contributed by atoms with Crippen molar-refractivity contribution in [2.45, 2.75) is 31.5 Å². The van der Waals surface area contributed by atoms with Crippen LogP contribution in [0.4, 0.5) is 0 Å². The molecule has 5 nitrogen and oxygen atoms in total. The highest BCUT2D eigenvalue weighted by Gasteiger charge is 2.30. The lowest BCUT2D eigenvalue weighted by Crippen LogP contribution is -2.45. The number of rotatable bonds is 6. The number of aliphatic hydroxyl groups is 1. The molecule has 3 N–H and O–H groups in total. The molecule has 0 spiro atoms. The van der Waals surface area contributed by atoms with Gasteiger partial charge in [-0.3, -0.25) is 4.90 Å². The molecule has 118 valence electrons. The summed E-state index contributed by atoms with van der Waals surface area (Å²) in [6, 6.07) is 6.07. The topological polar surface area (TPSA) is 68.0 Å². The maximum absolute atomic E-state index is 10.5. The minimum atomic E-state index is -0.629. The molecule has 21 heavy (non-hydrogen) atoms. The molecule has 5 heteroatoms. The van der Waals surface area contributed by atoms with Crippen LogP contribution in [0.1, 0.15) is 24.0 Å². The highest BCUT2D eigenvalue weighted by atomic mass is 16.5. The fraction of sp³-hybridized carbons (Fsp3) is 0.625. The van der Waals surface area contributed by atoms with Gasteiger partial charge in [0, 0.05) is 51.3 Å². The normalized spacial score (nSPS) is 18.0. The third kappa shape index (κ3) is 4.41. The zero-order valence-electron chi connectivity index (χ0n) is 13.0. The van der Waals surface area contributed by atoms with E-state index in [4.69, 9.17) is 15.2 Å². The molecule has 0 bridgehead atoms. The lowest BCUT2D eigenvalue weighted by Gasteiger charge is -2.35. The van der Waals surface area contributed by atoms with Crippen LogP contribution in [-0.4, -0.2) is 49.5 Å². The highest BCUT2D eigenvalue weighted by molar-refractivity contribution is 5.37. The Balaban J connectivity index is 1.97. The predicted molar refractivity (Wildman–Crippen MR) is 82.2 cm³/mol. The molecule has 1 aliphatic heterocycles. The fourth-order valence-corrected chi connectivity index (χ4v) is 2.87. The Kier molecular flexibility index (Phi) is 5.58. The zero-order chi connectivity index (χ0) is 15.3. The van der Waals surface area contributed by atoms with Gasteiger partial charge in [0.2, 0.25) is 0 Å². The molecule has 2 rings (SSSR count). The van der Waals surface area contributed by atoms with E-state index in [1.807, 2.05) is 19.2 Å². The summed E-state index contributed by atoms with van der Waals surface area (Å²) in [5, 5.41) is 10.5. The number of hydrogen-bond acceptors (Lipinski definition) is 5. The second kappa shape index (κ2) is 7.22. The first-order valence-electron chi connectivity index (χ1n) is 7.41. The van der Waals surface area contributed by atoms with Gasteiger partial charge in [0.15, 0.2) is 0 Å².